The zero-order chi connectivity index (χ0) is 14.7. The number of nitrogens with one attached hydrogen (secondary N) is 1. The van der Waals surface area contributed by atoms with E-state index in [1.54, 1.807) is 6.07 Å². The van der Waals surface area contributed by atoms with E-state index in [-0.39, 0.29) is 11.9 Å². The summed E-state index contributed by atoms with van der Waals surface area (Å²) in [5.74, 6) is -0.179. The average molecular weight is 271 g/mol. The summed E-state index contributed by atoms with van der Waals surface area (Å²) < 4.78 is 13.3. The second-order valence-corrected chi connectivity index (χ2v) is 5.35. The molecule has 0 fully saturated rings. The van der Waals surface area contributed by atoms with Crippen LogP contribution in [-0.4, -0.2) is 6.54 Å². The first kappa shape index (κ1) is 14.7. The standard InChI is InChI=1S/C18H22FN/c1-5-20-18(16-8-6-12(2)10-13(16)3)17-9-7-15(19)11-14(17)4/h6-11,18,20H,5H2,1-4H3. The van der Waals surface area contributed by atoms with Crippen LogP contribution in [0.2, 0.25) is 0 Å². The Morgan fingerprint density at radius 1 is 0.950 bits per heavy atom. The van der Waals surface area contributed by atoms with Crippen LogP contribution in [0.4, 0.5) is 4.39 Å². The summed E-state index contributed by atoms with van der Waals surface area (Å²) in [5, 5.41) is 3.51. The zero-order valence-corrected chi connectivity index (χ0v) is 12.6. The van der Waals surface area contributed by atoms with Gasteiger partial charge in [0.2, 0.25) is 0 Å². The van der Waals surface area contributed by atoms with Gasteiger partial charge in [0.25, 0.3) is 0 Å². The van der Waals surface area contributed by atoms with Crippen LogP contribution >= 0.6 is 0 Å². The lowest BCUT2D eigenvalue weighted by Crippen LogP contribution is -2.23. The first-order valence-corrected chi connectivity index (χ1v) is 7.09. The highest BCUT2D eigenvalue weighted by molar-refractivity contribution is 5.41. The third kappa shape index (κ3) is 3.07. The largest absolute Gasteiger partial charge is 0.307 e. The fourth-order valence-corrected chi connectivity index (χ4v) is 2.70. The van der Waals surface area contributed by atoms with Crippen LogP contribution in [0, 0.1) is 26.6 Å². The summed E-state index contributed by atoms with van der Waals surface area (Å²) in [6.07, 6.45) is 0. The van der Waals surface area contributed by atoms with E-state index in [2.05, 4.69) is 44.3 Å². The summed E-state index contributed by atoms with van der Waals surface area (Å²) >= 11 is 0. The first-order valence-electron chi connectivity index (χ1n) is 7.09. The van der Waals surface area contributed by atoms with E-state index in [4.69, 9.17) is 0 Å². The SMILES string of the molecule is CCNC(c1ccc(C)cc1C)c1ccc(F)cc1C. The van der Waals surface area contributed by atoms with Crippen LogP contribution in [0.15, 0.2) is 36.4 Å². The predicted molar refractivity (Wildman–Crippen MR) is 82.6 cm³/mol. The Labute approximate surface area is 120 Å². The van der Waals surface area contributed by atoms with Gasteiger partial charge in [-0.25, -0.2) is 4.39 Å². The van der Waals surface area contributed by atoms with E-state index < -0.39 is 0 Å². The number of aryl methyl sites for hydroxylation is 3. The molecule has 2 heteroatoms. The second-order valence-electron chi connectivity index (χ2n) is 5.35. The minimum absolute atomic E-state index is 0.112. The smallest absolute Gasteiger partial charge is 0.123 e. The van der Waals surface area contributed by atoms with E-state index in [9.17, 15) is 4.39 Å². The summed E-state index contributed by atoms with van der Waals surface area (Å²) in [7, 11) is 0. The van der Waals surface area contributed by atoms with Crippen molar-refractivity contribution in [1.82, 2.24) is 5.32 Å². The molecule has 1 nitrogen and oxygen atoms in total. The Morgan fingerprint density at radius 3 is 2.10 bits per heavy atom. The zero-order valence-electron chi connectivity index (χ0n) is 12.6. The molecule has 1 unspecified atom stereocenters. The third-order valence-electron chi connectivity index (χ3n) is 3.69. The van der Waals surface area contributed by atoms with E-state index in [1.165, 1.54) is 22.8 Å². The van der Waals surface area contributed by atoms with E-state index in [0.29, 0.717) is 0 Å². The van der Waals surface area contributed by atoms with Gasteiger partial charge in [-0.1, -0.05) is 36.8 Å². The topological polar surface area (TPSA) is 12.0 Å². The quantitative estimate of drug-likeness (QED) is 0.866. The van der Waals surface area contributed by atoms with E-state index in [0.717, 1.165) is 17.7 Å². The highest BCUT2D eigenvalue weighted by atomic mass is 19.1. The van der Waals surface area contributed by atoms with Crippen molar-refractivity contribution in [1.29, 1.82) is 0 Å². The van der Waals surface area contributed by atoms with E-state index >= 15 is 0 Å². The van der Waals surface area contributed by atoms with Gasteiger partial charge in [0, 0.05) is 0 Å². The highest BCUT2D eigenvalue weighted by Crippen LogP contribution is 2.28. The molecule has 0 saturated heterocycles. The highest BCUT2D eigenvalue weighted by Gasteiger charge is 2.17. The third-order valence-corrected chi connectivity index (χ3v) is 3.69. The summed E-state index contributed by atoms with van der Waals surface area (Å²) in [6, 6.07) is 11.6. The summed E-state index contributed by atoms with van der Waals surface area (Å²) in [6.45, 7) is 9.16. The van der Waals surface area contributed by atoms with Gasteiger partial charge in [-0.3, -0.25) is 0 Å². The molecule has 2 rings (SSSR count). The van der Waals surface area contributed by atoms with Crippen molar-refractivity contribution in [2.24, 2.45) is 0 Å². The lowest BCUT2D eigenvalue weighted by Gasteiger charge is -2.23. The number of hydrogen-bond acceptors (Lipinski definition) is 1. The van der Waals surface area contributed by atoms with E-state index in [1.807, 2.05) is 13.0 Å². The molecular weight excluding hydrogens is 249 g/mol. The maximum atomic E-state index is 13.3. The van der Waals surface area contributed by atoms with Crippen LogP contribution in [0.1, 0.15) is 40.8 Å². The fraction of sp³-hybridized carbons (Fsp3) is 0.333. The molecule has 0 aliphatic carbocycles. The van der Waals surface area contributed by atoms with Gasteiger partial charge in [0.15, 0.2) is 0 Å². The lowest BCUT2D eigenvalue weighted by molar-refractivity contribution is 0.608. The normalized spacial score (nSPS) is 12.4. The minimum Gasteiger partial charge on any atom is -0.307 e. The molecule has 0 aromatic heterocycles. The molecule has 2 aromatic carbocycles. The summed E-state index contributed by atoms with van der Waals surface area (Å²) in [5.41, 5.74) is 5.90. The number of hydrogen-bond donors (Lipinski definition) is 1. The molecule has 0 aliphatic rings. The number of rotatable bonds is 4. The van der Waals surface area contributed by atoms with Crippen molar-refractivity contribution in [3.05, 3.63) is 70.0 Å². The van der Waals surface area contributed by atoms with Crippen molar-refractivity contribution in [3.8, 4) is 0 Å². The van der Waals surface area contributed by atoms with Crippen molar-refractivity contribution >= 4 is 0 Å². The molecule has 0 aliphatic heterocycles. The van der Waals surface area contributed by atoms with Crippen molar-refractivity contribution in [2.45, 2.75) is 33.7 Å². The fourth-order valence-electron chi connectivity index (χ4n) is 2.70. The van der Waals surface area contributed by atoms with Gasteiger partial charge in [0.05, 0.1) is 6.04 Å². The monoisotopic (exact) mass is 271 g/mol. The van der Waals surface area contributed by atoms with Crippen molar-refractivity contribution < 1.29 is 4.39 Å². The van der Waals surface area contributed by atoms with Crippen LogP contribution in [-0.2, 0) is 0 Å². The molecule has 20 heavy (non-hydrogen) atoms. The van der Waals surface area contributed by atoms with Crippen molar-refractivity contribution in [3.63, 3.8) is 0 Å². The second kappa shape index (κ2) is 6.19. The molecule has 0 heterocycles. The molecule has 106 valence electrons. The molecule has 0 spiro atoms. The molecule has 1 atom stereocenters. The van der Waals surface area contributed by atoms with Gasteiger partial charge < -0.3 is 5.32 Å². The maximum Gasteiger partial charge on any atom is 0.123 e. The van der Waals surface area contributed by atoms with Gasteiger partial charge in [-0.15, -0.1) is 0 Å². The molecule has 0 bridgehead atoms. The first-order chi connectivity index (χ1) is 9.52. The van der Waals surface area contributed by atoms with Crippen LogP contribution in [0.5, 0.6) is 0 Å². The minimum atomic E-state index is -0.179. The number of halogens is 1. The molecule has 1 N–H and O–H groups in total. The molecule has 0 radical (unpaired) electrons. The Morgan fingerprint density at radius 2 is 1.55 bits per heavy atom. The predicted octanol–water partition coefficient (Wildman–Crippen LogP) is 4.45. The molecule has 2 aromatic rings. The Balaban J connectivity index is 2.50. The summed E-state index contributed by atoms with van der Waals surface area (Å²) in [4.78, 5) is 0. The van der Waals surface area contributed by atoms with Crippen LogP contribution < -0.4 is 5.32 Å². The van der Waals surface area contributed by atoms with Gasteiger partial charge in [-0.2, -0.15) is 0 Å². The Kier molecular flexibility index (Phi) is 4.56. The molecule has 0 amide bonds. The Bertz CT molecular complexity index is 553. The lowest BCUT2D eigenvalue weighted by atomic mass is 9.91. The Hall–Kier alpha value is -1.67. The number of benzene rings is 2. The van der Waals surface area contributed by atoms with Gasteiger partial charge >= 0.3 is 0 Å². The molecular formula is C18H22FN. The maximum absolute atomic E-state index is 13.3. The molecule has 0 saturated carbocycles. The van der Waals surface area contributed by atoms with Crippen LogP contribution in [0.3, 0.4) is 0 Å². The van der Waals surface area contributed by atoms with Gasteiger partial charge in [0.1, 0.15) is 5.82 Å². The van der Waals surface area contributed by atoms with Crippen molar-refractivity contribution in [2.75, 3.05) is 6.54 Å². The van der Waals surface area contributed by atoms with Gasteiger partial charge in [-0.05, 0) is 61.7 Å². The van der Waals surface area contributed by atoms with Crippen LogP contribution in [0.25, 0.3) is 0 Å². The average Bonchev–Trinajstić information content (AvgIpc) is 2.37.